The van der Waals surface area contributed by atoms with Crippen LogP contribution in [0.3, 0.4) is 0 Å². The number of unbranched alkanes of at least 4 members (excludes halogenated alkanes) is 1. The lowest BCUT2D eigenvalue weighted by Crippen LogP contribution is -2.14. The summed E-state index contributed by atoms with van der Waals surface area (Å²) < 4.78 is 0. The van der Waals surface area contributed by atoms with Crippen LogP contribution in [-0.4, -0.2) is 19.2 Å². The Morgan fingerprint density at radius 2 is 1.82 bits per heavy atom. The van der Waals surface area contributed by atoms with E-state index < -0.39 is 7.22 Å². The van der Waals surface area contributed by atoms with Crippen molar-refractivity contribution in [3.05, 3.63) is 29.8 Å². The van der Waals surface area contributed by atoms with Crippen molar-refractivity contribution in [1.29, 1.82) is 0 Å². The summed E-state index contributed by atoms with van der Waals surface area (Å²) in [5.74, 6) is 1.27. The molecule has 0 saturated heterocycles. The Morgan fingerprint density at radius 1 is 1.18 bits per heavy atom. The minimum absolute atomic E-state index is 0.915. The lowest BCUT2D eigenvalue weighted by molar-refractivity contribution is 1.03. The summed E-state index contributed by atoms with van der Waals surface area (Å²) in [6.45, 7) is 9.30. The van der Waals surface area contributed by atoms with Crippen molar-refractivity contribution >= 4 is 30.3 Å². The Kier molecular flexibility index (Phi) is 5.99. The fraction of sp³-hybridized carbons (Fsp3) is 0.500. The summed E-state index contributed by atoms with van der Waals surface area (Å²) in [7, 11) is -0.915. The molecule has 0 aromatic heterocycles. The first-order chi connectivity index (χ1) is 7.97. The highest BCUT2D eigenvalue weighted by atomic mass is 32.4. The van der Waals surface area contributed by atoms with Crippen LogP contribution in [0, 0.1) is 6.92 Å². The molecule has 1 rings (SSSR count). The number of hydrogen-bond acceptors (Lipinski definition) is 2. The molecule has 0 fully saturated rings. The van der Waals surface area contributed by atoms with Gasteiger partial charge in [-0.1, -0.05) is 37.3 Å². The first-order valence-corrected chi connectivity index (χ1v) is 11.4. The Morgan fingerprint density at radius 3 is 2.41 bits per heavy atom. The van der Waals surface area contributed by atoms with Crippen molar-refractivity contribution in [2.24, 2.45) is 4.99 Å². The number of nitrogens with zero attached hydrogens (tertiary/aromatic N) is 1. The summed E-state index contributed by atoms with van der Waals surface area (Å²) in [5.41, 5.74) is 2.35. The second-order valence-electron chi connectivity index (χ2n) is 5.25. The number of benzene rings is 1. The molecule has 0 heterocycles. The Labute approximate surface area is 110 Å². The molecule has 17 heavy (non-hydrogen) atoms. The second kappa shape index (κ2) is 7.02. The van der Waals surface area contributed by atoms with Gasteiger partial charge in [-0.3, -0.25) is 4.99 Å². The number of rotatable bonds is 6. The van der Waals surface area contributed by atoms with Crippen LogP contribution < -0.4 is 0 Å². The van der Waals surface area contributed by atoms with E-state index in [9.17, 15) is 0 Å². The van der Waals surface area contributed by atoms with Crippen LogP contribution in [-0.2, 0) is 0 Å². The molecule has 0 saturated carbocycles. The van der Waals surface area contributed by atoms with Gasteiger partial charge >= 0.3 is 0 Å². The van der Waals surface area contributed by atoms with Crippen molar-refractivity contribution in [2.45, 2.75) is 39.4 Å². The first kappa shape index (κ1) is 14.5. The van der Waals surface area contributed by atoms with Gasteiger partial charge in [-0.15, -0.1) is 0 Å². The third-order valence-electron chi connectivity index (χ3n) is 2.29. The van der Waals surface area contributed by atoms with E-state index in [1.165, 1.54) is 17.7 Å². The predicted molar refractivity (Wildman–Crippen MR) is 84.4 cm³/mol. The van der Waals surface area contributed by atoms with E-state index in [4.69, 9.17) is 0 Å². The van der Waals surface area contributed by atoms with Gasteiger partial charge in [-0.05, 0) is 37.7 Å². The molecule has 1 aromatic carbocycles. The third-order valence-corrected chi connectivity index (χ3v) is 6.86. The molecule has 0 atom stereocenters. The van der Waals surface area contributed by atoms with Crippen molar-refractivity contribution in [3.8, 4) is 0 Å². The second-order valence-corrected chi connectivity index (χ2v) is 14.7. The molecular formula is C14H23NSSi. The highest BCUT2D eigenvalue weighted by Crippen LogP contribution is 2.20. The van der Waals surface area contributed by atoms with Gasteiger partial charge in [-0.25, -0.2) is 0 Å². The summed E-state index contributed by atoms with van der Waals surface area (Å²) in [4.78, 5) is 4.46. The molecule has 1 aromatic rings. The van der Waals surface area contributed by atoms with Gasteiger partial charge in [0, 0.05) is 6.21 Å². The van der Waals surface area contributed by atoms with Crippen molar-refractivity contribution in [2.75, 3.05) is 5.75 Å². The Hall–Kier alpha value is -0.543. The largest absolute Gasteiger partial charge is 0.261 e. The molecule has 0 aliphatic rings. The maximum Gasteiger partial charge on any atom is 0.108 e. The Balaban J connectivity index is 2.20. The van der Waals surface area contributed by atoms with E-state index in [0.29, 0.717) is 0 Å². The molecule has 0 unspecified atom stereocenters. The van der Waals surface area contributed by atoms with Crippen LogP contribution in [0.25, 0.3) is 0 Å². The van der Waals surface area contributed by atoms with Crippen molar-refractivity contribution in [3.63, 3.8) is 0 Å². The van der Waals surface area contributed by atoms with Crippen LogP contribution in [0.15, 0.2) is 29.3 Å². The van der Waals surface area contributed by atoms with Crippen LogP contribution in [0.2, 0.25) is 19.6 Å². The summed E-state index contributed by atoms with van der Waals surface area (Å²) in [6, 6.07) is 8.35. The summed E-state index contributed by atoms with van der Waals surface area (Å²) >= 11 is 2.16. The molecule has 0 amide bonds. The molecule has 0 bridgehead atoms. The number of aryl methyl sites for hydroxylation is 1. The van der Waals surface area contributed by atoms with Crippen LogP contribution >= 0.6 is 11.2 Å². The van der Waals surface area contributed by atoms with Gasteiger partial charge in [0.2, 0.25) is 0 Å². The minimum Gasteiger partial charge on any atom is -0.261 e. The topological polar surface area (TPSA) is 12.4 Å². The Bertz CT molecular complexity index is 351. The highest BCUT2D eigenvalue weighted by molar-refractivity contribution is 8.28. The van der Waals surface area contributed by atoms with Gasteiger partial charge in [0.05, 0.1) is 5.69 Å². The quantitative estimate of drug-likeness (QED) is 0.398. The molecule has 0 spiro atoms. The summed E-state index contributed by atoms with van der Waals surface area (Å²) in [6.07, 6.45) is 4.38. The fourth-order valence-electron chi connectivity index (χ4n) is 1.35. The molecule has 0 aliphatic heterocycles. The fourth-order valence-corrected chi connectivity index (χ4v) is 4.55. The smallest absolute Gasteiger partial charge is 0.108 e. The first-order valence-electron chi connectivity index (χ1n) is 6.20. The zero-order chi connectivity index (χ0) is 12.7. The molecule has 94 valence electrons. The van der Waals surface area contributed by atoms with Gasteiger partial charge in [0.25, 0.3) is 0 Å². The lowest BCUT2D eigenvalue weighted by atomic mass is 10.2. The normalized spacial score (nSPS) is 12.2. The highest BCUT2D eigenvalue weighted by Gasteiger charge is 2.11. The van der Waals surface area contributed by atoms with E-state index in [-0.39, 0.29) is 0 Å². The van der Waals surface area contributed by atoms with E-state index in [0.717, 1.165) is 12.1 Å². The van der Waals surface area contributed by atoms with Crippen LogP contribution in [0.5, 0.6) is 0 Å². The monoisotopic (exact) mass is 265 g/mol. The zero-order valence-corrected chi connectivity index (χ0v) is 13.2. The maximum absolute atomic E-state index is 4.46. The molecule has 0 aliphatic carbocycles. The molecule has 3 heteroatoms. The van der Waals surface area contributed by atoms with E-state index in [2.05, 4.69) is 73.2 Å². The standard InChI is InChI=1S/C14H23NSSi/c1-13-7-9-14(10-8-13)15-11-5-6-12-16-17(2,3)4/h7-11H,5-6,12H2,1-4H3/b15-11-. The van der Waals surface area contributed by atoms with Crippen LogP contribution in [0.1, 0.15) is 18.4 Å². The van der Waals surface area contributed by atoms with Crippen LogP contribution in [0.4, 0.5) is 5.69 Å². The number of hydrogen-bond donors (Lipinski definition) is 0. The van der Waals surface area contributed by atoms with E-state index >= 15 is 0 Å². The predicted octanol–water partition coefficient (Wildman–Crippen LogP) is 5.05. The van der Waals surface area contributed by atoms with Crippen molar-refractivity contribution < 1.29 is 0 Å². The molecule has 1 nitrogen and oxygen atoms in total. The van der Waals surface area contributed by atoms with E-state index in [1.54, 1.807) is 0 Å². The minimum atomic E-state index is -0.915. The van der Waals surface area contributed by atoms with Gasteiger partial charge in [-0.2, -0.15) is 11.2 Å². The SMILES string of the molecule is Cc1ccc(/N=C\CCCS[Si](C)(C)C)cc1. The van der Waals surface area contributed by atoms with E-state index in [1.807, 2.05) is 0 Å². The maximum atomic E-state index is 4.46. The summed E-state index contributed by atoms with van der Waals surface area (Å²) in [5, 5.41) is 0. The van der Waals surface area contributed by atoms with Crippen molar-refractivity contribution in [1.82, 2.24) is 0 Å². The molecule has 0 N–H and O–H groups in total. The lowest BCUT2D eigenvalue weighted by Gasteiger charge is -2.13. The van der Waals surface area contributed by atoms with Gasteiger partial charge in [0.1, 0.15) is 7.22 Å². The molecular weight excluding hydrogens is 242 g/mol. The average molecular weight is 265 g/mol. The van der Waals surface area contributed by atoms with Gasteiger partial charge < -0.3 is 0 Å². The number of aliphatic imine (C=N–C) groups is 1. The van der Waals surface area contributed by atoms with Gasteiger partial charge in [0.15, 0.2) is 0 Å². The average Bonchev–Trinajstić information content (AvgIpc) is 2.24. The third kappa shape index (κ3) is 7.39. The molecule has 0 radical (unpaired) electrons. The zero-order valence-electron chi connectivity index (χ0n) is 11.4.